The third-order valence-corrected chi connectivity index (χ3v) is 4.51. The van der Waals surface area contributed by atoms with Crippen LogP contribution >= 0.6 is 11.8 Å². The second-order valence-corrected chi connectivity index (χ2v) is 6.17. The molecule has 88 valence electrons. The summed E-state index contributed by atoms with van der Waals surface area (Å²) in [4.78, 5) is 11.0. The van der Waals surface area contributed by atoms with Crippen LogP contribution in [0.4, 0.5) is 0 Å². The van der Waals surface area contributed by atoms with Crippen LogP contribution < -0.4 is 0 Å². The van der Waals surface area contributed by atoms with E-state index in [4.69, 9.17) is 5.11 Å². The Morgan fingerprint density at radius 3 is 2.67 bits per heavy atom. The predicted molar refractivity (Wildman–Crippen MR) is 65.3 cm³/mol. The van der Waals surface area contributed by atoms with Crippen molar-refractivity contribution in [2.45, 2.75) is 51.2 Å². The number of thioether (sulfide) groups is 1. The molecule has 0 aromatic heterocycles. The molecule has 2 atom stereocenters. The van der Waals surface area contributed by atoms with E-state index in [1.165, 1.54) is 12.8 Å². The molecular weight excluding hydrogens is 208 g/mol. The summed E-state index contributed by atoms with van der Waals surface area (Å²) in [5.74, 6) is 1.17. The van der Waals surface area contributed by atoms with Crippen LogP contribution in [0.3, 0.4) is 0 Å². The highest BCUT2D eigenvalue weighted by Gasteiger charge is 2.30. The van der Waals surface area contributed by atoms with Gasteiger partial charge in [-0.05, 0) is 30.9 Å². The van der Waals surface area contributed by atoms with Gasteiger partial charge in [0, 0.05) is 5.25 Å². The standard InChI is InChI=1S/C12H22O2S/c1-9(2)7-8-15-11-6-4-3-5-10(11)12(13)14/h9-11H,3-8H2,1-2H3,(H,13,14). The van der Waals surface area contributed by atoms with E-state index in [0.717, 1.165) is 30.9 Å². The van der Waals surface area contributed by atoms with Gasteiger partial charge in [-0.15, -0.1) is 0 Å². The molecule has 2 unspecified atom stereocenters. The Balaban J connectivity index is 2.33. The second kappa shape index (κ2) is 6.41. The van der Waals surface area contributed by atoms with Gasteiger partial charge in [-0.3, -0.25) is 4.79 Å². The maximum atomic E-state index is 11.0. The second-order valence-electron chi connectivity index (χ2n) is 4.82. The molecule has 0 aromatic rings. The highest BCUT2D eigenvalue weighted by Crippen LogP contribution is 2.34. The number of hydrogen-bond donors (Lipinski definition) is 1. The van der Waals surface area contributed by atoms with Gasteiger partial charge in [0.1, 0.15) is 0 Å². The van der Waals surface area contributed by atoms with Gasteiger partial charge in [-0.2, -0.15) is 11.8 Å². The van der Waals surface area contributed by atoms with Gasteiger partial charge in [0.15, 0.2) is 0 Å². The van der Waals surface area contributed by atoms with E-state index in [-0.39, 0.29) is 5.92 Å². The zero-order valence-electron chi connectivity index (χ0n) is 9.74. The normalized spacial score (nSPS) is 26.9. The average molecular weight is 230 g/mol. The molecule has 0 saturated heterocycles. The molecule has 1 fully saturated rings. The van der Waals surface area contributed by atoms with Crippen molar-refractivity contribution in [1.29, 1.82) is 0 Å². The first-order valence-corrected chi connectivity index (χ1v) is 7.00. The highest BCUT2D eigenvalue weighted by atomic mass is 32.2. The molecule has 0 aliphatic heterocycles. The lowest BCUT2D eigenvalue weighted by Gasteiger charge is -2.28. The minimum atomic E-state index is -0.586. The fourth-order valence-corrected chi connectivity index (χ4v) is 3.76. The van der Waals surface area contributed by atoms with Crippen molar-refractivity contribution in [3.63, 3.8) is 0 Å². The van der Waals surface area contributed by atoms with Gasteiger partial charge >= 0.3 is 5.97 Å². The number of aliphatic carboxylic acids is 1. The molecule has 1 saturated carbocycles. The van der Waals surface area contributed by atoms with E-state index < -0.39 is 5.97 Å². The van der Waals surface area contributed by atoms with E-state index in [2.05, 4.69) is 13.8 Å². The average Bonchev–Trinajstić information content (AvgIpc) is 2.17. The van der Waals surface area contributed by atoms with Gasteiger partial charge < -0.3 is 5.11 Å². The largest absolute Gasteiger partial charge is 0.481 e. The van der Waals surface area contributed by atoms with E-state index in [1.54, 1.807) is 0 Å². The quantitative estimate of drug-likeness (QED) is 0.786. The summed E-state index contributed by atoms with van der Waals surface area (Å²) in [6.07, 6.45) is 5.49. The molecule has 15 heavy (non-hydrogen) atoms. The number of rotatable bonds is 5. The van der Waals surface area contributed by atoms with Crippen molar-refractivity contribution in [2.75, 3.05) is 5.75 Å². The molecule has 1 rings (SSSR count). The van der Waals surface area contributed by atoms with Crippen molar-refractivity contribution in [2.24, 2.45) is 11.8 Å². The molecule has 0 bridgehead atoms. The molecular formula is C12H22O2S. The van der Waals surface area contributed by atoms with E-state index >= 15 is 0 Å². The first-order valence-electron chi connectivity index (χ1n) is 5.95. The fraction of sp³-hybridized carbons (Fsp3) is 0.917. The Hall–Kier alpha value is -0.180. The third-order valence-electron chi connectivity index (χ3n) is 3.05. The molecule has 3 heteroatoms. The highest BCUT2D eigenvalue weighted by molar-refractivity contribution is 7.99. The van der Waals surface area contributed by atoms with Crippen LogP contribution in [-0.4, -0.2) is 22.1 Å². The van der Waals surface area contributed by atoms with Crippen LogP contribution in [0.15, 0.2) is 0 Å². The zero-order chi connectivity index (χ0) is 11.3. The number of carbonyl (C=O) groups is 1. The number of carboxylic acids is 1. The first-order chi connectivity index (χ1) is 7.11. The Labute approximate surface area is 96.8 Å². The van der Waals surface area contributed by atoms with Gasteiger partial charge in [0.25, 0.3) is 0 Å². The third kappa shape index (κ3) is 4.45. The minimum absolute atomic E-state index is 0.0871. The van der Waals surface area contributed by atoms with Crippen LogP contribution in [0.1, 0.15) is 46.0 Å². The summed E-state index contributed by atoms with van der Waals surface area (Å²) < 4.78 is 0. The summed E-state index contributed by atoms with van der Waals surface area (Å²) in [6.45, 7) is 4.44. The zero-order valence-corrected chi connectivity index (χ0v) is 10.6. The summed E-state index contributed by atoms with van der Waals surface area (Å²) in [6, 6.07) is 0. The summed E-state index contributed by atoms with van der Waals surface area (Å²) >= 11 is 1.88. The fourth-order valence-electron chi connectivity index (χ4n) is 2.03. The van der Waals surface area contributed by atoms with Gasteiger partial charge in [-0.1, -0.05) is 26.7 Å². The molecule has 0 amide bonds. The molecule has 0 radical (unpaired) electrons. The molecule has 2 nitrogen and oxygen atoms in total. The van der Waals surface area contributed by atoms with Crippen LogP contribution in [0.5, 0.6) is 0 Å². The SMILES string of the molecule is CC(C)CCSC1CCCCC1C(=O)O. The van der Waals surface area contributed by atoms with Gasteiger partial charge in [0.05, 0.1) is 5.92 Å². The Kier molecular flexibility index (Phi) is 5.51. The van der Waals surface area contributed by atoms with Crippen molar-refractivity contribution in [3.8, 4) is 0 Å². The monoisotopic (exact) mass is 230 g/mol. The molecule has 0 heterocycles. The Morgan fingerprint density at radius 1 is 1.40 bits per heavy atom. The smallest absolute Gasteiger partial charge is 0.307 e. The summed E-state index contributed by atoms with van der Waals surface area (Å²) in [5.41, 5.74) is 0. The van der Waals surface area contributed by atoms with Crippen LogP contribution in [-0.2, 0) is 4.79 Å². The molecule has 0 aromatic carbocycles. The van der Waals surface area contributed by atoms with Gasteiger partial charge in [0.2, 0.25) is 0 Å². The lowest BCUT2D eigenvalue weighted by molar-refractivity contribution is -0.142. The van der Waals surface area contributed by atoms with Crippen molar-refractivity contribution in [3.05, 3.63) is 0 Å². The Bertz CT molecular complexity index is 204. The maximum absolute atomic E-state index is 11.0. The first kappa shape index (κ1) is 12.9. The van der Waals surface area contributed by atoms with Crippen molar-refractivity contribution < 1.29 is 9.90 Å². The van der Waals surface area contributed by atoms with Crippen molar-refractivity contribution >= 4 is 17.7 Å². The molecule has 1 aliphatic carbocycles. The lowest BCUT2D eigenvalue weighted by Crippen LogP contribution is -2.29. The topological polar surface area (TPSA) is 37.3 Å². The Morgan fingerprint density at radius 2 is 2.07 bits per heavy atom. The van der Waals surface area contributed by atoms with Crippen LogP contribution in [0.2, 0.25) is 0 Å². The molecule has 1 aliphatic rings. The lowest BCUT2D eigenvalue weighted by atomic mass is 9.89. The van der Waals surface area contributed by atoms with E-state index in [9.17, 15) is 4.79 Å². The number of hydrogen-bond acceptors (Lipinski definition) is 2. The van der Waals surface area contributed by atoms with Crippen LogP contribution in [0.25, 0.3) is 0 Å². The van der Waals surface area contributed by atoms with Crippen molar-refractivity contribution in [1.82, 2.24) is 0 Å². The molecule has 1 N–H and O–H groups in total. The minimum Gasteiger partial charge on any atom is -0.481 e. The van der Waals surface area contributed by atoms with E-state index in [1.807, 2.05) is 11.8 Å². The van der Waals surface area contributed by atoms with Gasteiger partial charge in [-0.25, -0.2) is 0 Å². The number of carboxylic acid groups (broad SMARTS) is 1. The summed E-state index contributed by atoms with van der Waals surface area (Å²) in [7, 11) is 0. The molecule has 0 spiro atoms. The predicted octanol–water partition coefficient (Wildman–Crippen LogP) is 3.41. The van der Waals surface area contributed by atoms with E-state index in [0.29, 0.717) is 5.25 Å². The summed E-state index contributed by atoms with van der Waals surface area (Å²) in [5, 5.41) is 9.47. The van der Waals surface area contributed by atoms with Crippen LogP contribution in [0, 0.1) is 11.8 Å². The maximum Gasteiger partial charge on any atom is 0.307 e.